The number of nitrogens with zero attached hydrogens (tertiary/aromatic N) is 1. The van der Waals surface area contributed by atoms with Gasteiger partial charge in [-0.05, 0) is 20.3 Å². The molecule has 1 N–H and O–H groups in total. The molecule has 1 fully saturated rings. The second kappa shape index (κ2) is 7.69. The number of carbonyl (C=O) groups is 1. The molecule has 3 nitrogen and oxygen atoms in total. The monoisotopic (exact) mass is 214 g/mol. The summed E-state index contributed by atoms with van der Waals surface area (Å²) in [6.07, 6.45) is 1.70. The molecule has 0 aromatic rings. The van der Waals surface area contributed by atoms with E-state index in [1.165, 1.54) is 0 Å². The van der Waals surface area contributed by atoms with Gasteiger partial charge in [-0.2, -0.15) is 0 Å². The van der Waals surface area contributed by atoms with Gasteiger partial charge in [0, 0.05) is 31.6 Å². The molecule has 1 unspecified atom stereocenters. The van der Waals surface area contributed by atoms with Gasteiger partial charge in [0.05, 0.1) is 0 Å². The fourth-order valence-electron chi connectivity index (χ4n) is 1.70. The van der Waals surface area contributed by atoms with Crippen molar-refractivity contribution in [3.63, 3.8) is 0 Å². The molecule has 15 heavy (non-hydrogen) atoms. The maximum absolute atomic E-state index is 11.1. The summed E-state index contributed by atoms with van der Waals surface area (Å²) in [6.45, 7) is 12.4. The van der Waals surface area contributed by atoms with Crippen LogP contribution in [0.2, 0.25) is 0 Å². The summed E-state index contributed by atoms with van der Waals surface area (Å²) in [7, 11) is 0. The first-order chi connectivity index (χ1) is 7.13. The average Bonchev–Trinajstić information content (AvgIpc) is 2.69. The summed E-state index contributed by atoms with van der Waals surface area (Å²) in [5, 5.41) is 3.03. The highest BCUT2D eigenvalue weighted by Crippen LogP contribution is 2.12. The van der Waals surface area contributed by atoms with E-state index in [0.29, 0.717) is 18.5 Å². The number of nitrogens with one attached hydrogen (secondary N) is 1. The lowest BCUT2D eigenvalue weighted by Gasteiger charge is -2.20. The lowest BCUT2D eigenvalue weighted by atomic mass is 10.2. The van der Waals surface area contributed by atoms with Crippen LogP contribution in [0.25, 0.3) is 0 Å². The van der Waals surface area contributed by atoms with Gasteiger partial charge in [0.15, 0.2) is 0 Å². The van der Waals surface area contributed by atoms with Crippen LogP contribution in [0.3, 0.4) is 0 Å². The van der Waals surface area contributed by atoms with Gasteiger partial charge in [-0.15, -0.1) is 0 Å². The predicted octanol–water partition coefficient (Wildman–Crippen LogP) is 2.02. The summed E-state index contributed by atoms with van der Waals surface area (Å²) in [6, 6.07) is 0.985. The SMILES string of the molecule is CC.CCC(=O)NC1CCN(C(C)C)C1. The van der Waals surface area contributed by atoms with Crippen LogP contribution in [0.1, 0.15) is 47.5 Å². The highest BCUT2D eigenvalue weighted by Gasteiger charge is 2.24. The van der Waals surface area contributed by atoms with Crippen molar-refractivity contribution in [1.29, 1.82) is 0 Å². The van der Waals surface area contributed by atoms with Crippen LogP contribution < -0.4 is 5.32 Å². The minimum atomic E-state index is 0.176. The molecule has 1 saturated heterocycles. The van der Waals surface area contributed by atoms with Crippen molar-refractivity contribution in [3.8, 4) is 0 Å². The van der Waals surface area contributed by atoms with Crippen molar-refractivity contribution in [1.82, 2.24) is 10.2 Å². The topological polar surface area (TPSA) is 32.3 Å². The molecule has 3 heteroatoms. The lowest BCUT2D eigenvalue weighted by molar-refractivity contribution is -0.121. The number of carbonyl (C=O) groups excluding carboxylic acids is 1. The largest absolute Gasteiger partial charge is 0.352 e. The molecule has 0 aromatic heterocycles. The molecule has 0 spiro atoms. The van der Waals surface area contributed by atoms with E-state index in [0.717, 1.165) is 19.5 Å². The second-order valence-electron chi connectivity index (χ2n) is 4.00. The summed E-state index contributed by atoms with van der Waals surface area (Å²) in [4.78, 5) is 13.5. The van der Waals surface area contributed by atoms with Gasteiger partial charge in [0.1, 0.15) is 0 Å². The number of hydrogen-bond acceptors (Lipinski definition) is 2. The van der Waals surface area contributed by atoms with Gasteiger partial charge < -0.3 is 5.32 Å². The first-order valence-corrected chi connectivity index (χ1v) is 6.17. The number of amides is 1. The number of likely N-dealkylation sites (tertiary alicyclic amines) is 1. The molecule has 0 bridgehead atoms. The Hall–Kier alpha value is -0.570. The molecular weight excluding hydrogens is 188 g/mol. The molecule has 0 saturated carbocycles. The Balaban J connectivity index is 0.000000921. The van der Waals surface area contributed by atoms with Crippen LogP contribution >= 0.6 is 0 Å². The van der Waals surface area contributed by atoms with E-state index >= 15 is 0 Å². The van der Waals surface area contributed by atoms with Gasteiger partial charge in [0.2, 0.25) is 5.91 Å². The second-order valence-corrected chi connectivity index (χ2v) is 4.00. The predicted molar refractivity (Wildman–Crippen MR) is 64.9 cm³/mol. The molecule has 1 aliphatic heterocycles. The van der Waals surface area contributed by atoms with Gasteiger partial charge in [-0.1, -0.05) is 20.8 Å². The summed E-state index contributed by atoms with van der Waals surface area (Å²) < 4.78 is 0. The molecule has 1 rings (SSSR count). The van der Waals surface area contributed by atoms with Crippen molar-refractivity contribution in [2.45, 2.75) is 59.5 Å². The summed E-state index contributed by atoms with van der Waals surface area (Å²) in [5.74, 6) is 0.176. The molecule has 1 amide bonds. The molecule has 1 aliphatic rings. The highest BCUT2D eigenvalue weighted by molar-refractivity contribution is 5.75. The highest BCUT2D eigenvalue weighted by atomic mass is 16.1. The van der Waals surface area contributed by atoms with Crippen molar-refractivity contribution in [2.24, 2.45) is 0 Å². The Morgan fingerprint density at radius 2 is 2.07 bits per heavy atom. The Morgan fingerprint density at radius 3 is 2.47 bits per heavy atom. The van der Waals surface area contributed by atoms with E-state index in [1.54, 1.807) is 0 Å². The van der Waals surface area contributed by atoms with Crippen LogP contribution in [0.4, 0.5) is 0 Å². The Kier molecular flexibility index (Phi) is 7.39. The minimum absolute atomic E-state index is 0.176. The van der Waals surface area contributed by atoms with E-state index in [4.69, 9.17) is 0 Å². The normalized spacial score (nSPS) is 21.1. The summed E-state index contributed by atoms with van der Waals surface area (Å²) >= 11 is 0. The van der Waals surface area contributed by atoms with Crippen molar-refractivity contribution in [3.05, 3.63) is 0 Å². The molecular formula is C12H26N2O. The first-order valence-electron chi connectivity index (χ1n) is 6.17. The van der Waals surface area contributed by atoms with Gasteiger partial charge >= 0.3 is 0 Å². The Labute approximate surface area is 94.2 Å². The van der Waals surface area contributed by atoms with Gasteiger partial charge in [-0.25, -0.2) is 0 Å². The fraction of sp³-hybridized carbons (Fsp3) is 0.917. The van der Waals surface area contributed by atoms with Crippen molar-refractivity contribution >= 4 is 5.91 Å². The van der Waals surface area contributed by atoms with Crippen molar-refractivity contribution in [2.75, 3.05) is 13.1 Å². The van der Waals surface area contributed by atoms with Crippen molar-refractivity contribution < 1.29 is 4.79 Å². The third kappa shape index (κ3) is 5.17. The molecule has 0 aromatic carbocycles. The number of rotatable bonds is 3. The molecule has 1 heterocycles. The van der Waals surface area contributed by atoms with Crippen LogP contribution in [-0.2, 0) is 4.79 Å². The first kappa shape index (κ1) is 14.4. The van der Waals surface area contributed by atoms with Gasteiger partial charge in [-0.3, -0.25) is 9.69 Å². The molecule has 0 aliphatic carbocycles. The quantitative estimate of drug-likeness (QED) is 0.779. The van der Waals surface area contributed by atoms with E-state index in [-0.39, 0.29) is 5.91 Å². The van der Waals surface area contributed by atoms with E-state index in [9.17, 15) is 4.79 Å². The maximum Gasteiger partial charge on any atom is 0.219 e. The third-order valence-corrected chi connectivity index (χ3v) is 2.64. The lowest BCUT2D eigenvalue weighted by Crippen LogP contribution is -2.38. The summed E-state index contributed by atoms with van der Waals surface area (Å²) in [5.41, 5.74) is 0. The van der Waals surface area contributed by atoms with Gasteiger partial charge in [0.25, 0.3) is 0 Å². The smallest absolute Gasteiger partial charge is 0.219 e. The molecule has 90 valence electrons. The average molecular weight is 214 g/mol. The molecule has 1 atom stereocenters. The molecule has 0 radical (unpaired) electrons. The van der Waals surface area contributed by atoms with E-state index < -0.39 is 0 Å². The third-order valence-electron chi connectivity index (χ3n) is 2.64. The maximum atomic E-state index is 11.1. The zero-order valence-corrected chi connectivity index (χ0v) is 10.8. The Bertz CT molecular complexity index is 180. The van der Waals surface area contributed by atoms with Crippen LogP contribution in [0, 0.1) is 0 Å². The van der Waals surface area contributed by atoms with Crippen LogP contribution in [0.15, 0.2) is 0 Å². The van der Waals surface area contributed by atoms with Crippen LogP contribution in [-0.4, -0.2) is 36.0 Å². The number of hydrogen-bond donors (Lipinski definition) is 1. The van der Waals surface area contributed by atoms with Crippen LogP contribution in [0.5, 0.6) is 0 Å². The Morgan fingerprint density at radius 1 is 1.47 bits per heavy atom. The zero-order valence-electron chi connectivity index (χ0n) is 10.8. The van der Waals surface area contributed by atoms with E-state index in [2.05, 4.69) is 24.1 Å². The minimum Gasteiger partial charge on any atom is -0.352 e. The zero-order chi connectivity index (χ0) is 11.8. The van der Waals surface area contributed by atoms with E-state index in [1.807, 2.05) is 20.8 Å². The standard InChI is InChI=1S/C10H20N2O.C2H6/c1-4-10(13)11-9-5-6-12(7-9)8(2)3;1-2/h8-9H,4-7H2,1-3H3,(H,11,13);1-2H3. The fourth-order valence-corrected chi connectivity index (χ4v) is 1.70.